The van der Waals surface area contributed by atoms with E-state index < -0.39 is 0 Å². The van der Waals surface area contributed by atoms with Gasteiger partial charge in [-0.05, 0) is 17.5 Å². The summed E-state index contributed by atoms with van der Waals surface area (Å²) in [5.74, 6) is 0.967. The molecule has 0 aliphatic carbocycles. The molecule has 15 heavy (non-hydrogen) atoms. The van der Waals surface area contributed by atoms with Crippen LogP contribution in [0, 0.1) is 0 Å². The molecule has 3 heteroatoms. The fourth-order valence-corrected chi connectivity index (χ4v) is 2.91. The van der Waals surface area contributed by atoms with E-state index in [0.717, 1.165) is 5.75 Å². The number of aromatic nitrogens is 1. The van der Waals surface area contributed by atoms with Crippen LogP contribution in [0.5, 0.6) is 5.75 Å². The minimum atomic E-state index is 0.967. The van der Waals surface area contributed by atoms with Crippen molar-refractivity contribution in [3.05, 3.63) is 29.8 Å². The van der Waals surface area contributed by atoms with Crippen LogP contribution in [0.3, 0.4) is 0 Å². The highest BCUT2D eigenvalue weighted by Gasteiger charge is 2.09. The van der Waals surface area contributed by atoms with Gasteiger partial charge in [0, 0.05) is 30.1 Å². The zero-order valence-electron chi connectivity index (χ0n) is 8.65. The first kappa shape index (κ1) is 8.80. The van der Waals surface area contributed by atoms with Gasteiger partial charge in [-0.2, -0.15) is 0 Å². The van der Waals surface area contributed by atoms with Crippen molar-refractivity contribution in [1.82, 2.24) is 4.57 Å². The fourth-order valence-electron chi connectivity index (χ4n) is 2.00. The summed E-state index contributed by atoms with van der Waals surface area (Å²) < 4.78 is 8.77. The Hall–Kier alpha value is -1.48. The zero-order valence-corrected chi connectivity index (χ0v) is 9.47. The molecule has 2 heterocycles. The van der Waals surface area contributed by atoms with E-state index in [1.807, 2.05) is 0 Å². The van der Waals surface area contributed by atoms with Crippen molar-refractivity contribution >= 4 is 32.3 Å². The van der Waals surface area contributed by atoms with Crippen molar-refractivity contribution < 1.29 is 4.74 Å². The van der Waals surface area contributed by atoms with Crippen LogP contribution in [0.2, 0.25) is 0 Å². The van der Waals surface area contributed by atoms with Crippen molar-refractivity contribution in [3.63, 3.8) is 0 Å². The van der Waals surface area contributed by atoms with E-state index in [0.29, 0.717) is 0 Å². The number of aryl methyl sites for hydroxylation is 1. The molecule has 3 aromatic rings. The average Bonchev–Trinajstić information content (AvgIpc) is 2.83. The zero-order chi connectivity index (χ0) is 10.4. The monoisotopic (exact) mass is 217 g/mol. The van der Waals surface area contributed by atoms with E-state index in [4.69, 9.17) is 4.74 Å². The lowest BCUT2D eigenvalue weighted by molar-refractivity contribution is 0.421. The lowest BCUT2D eigenvalue weighted by Crippen LogP contribution is -1.87. The van der Waals surface area contributed by atoms with Crippen LogP contribution >= 0.6 is 11.3 Å². The third-order valence-electron chi connectivity index (χ3n) is 2.79. The highest BCUT2D eigenvalue weighted by atomic mass is 32.1. The number of hydrogen-bond donors (Lipinski definition) is 0. The summed E-state index contributed by atoms with van der Waals surface area (Å²) in [6, 6.07) is 6.42. The number of rotatable bonds is 1. The number of ether oxygens (including phenoxy) is 1. The molecule has 0 amide bonds. The molecular formula is C12H11NOS. The highest BCUT2D eigenvalue weighted by molar-refractivity contribution is 7.17. The van der Waals surface area contributed by atoms with E-state index in [-0.39, 0.29) is 0 Å². The summed E-state index contributed by atoms with van der Waals surface area (Å²) in [7, 11) is 3.78. The first-order valence-corrected chi connectivity index (χ1v) is 5.68. The minimum absolute atomic E-state index is 0.967. The first-order valence-electron chi connectivity index (χ1n) is 4.80. The van der Waals surface area contributed by atoms with E-state index in [2.05, 4.69) is 41.4 Å². The predicted molar refractivity (Wildman–Crippen MR) is 64.9 cm³/mol. The summed E-state index contributed by atoms with van der Waals surface area (Å²) in [4.78, 5) is 0. The molecule has 0 aliphatic heterocycles. The van der Waals surface area contributed by atoms with Crippen LogP contribution in [0.25, 0.3) is 21.0 Å². The van der Waals surface area contributed by atoms with Gasteiger partial charge >= 0.3 is 0 Å². The minimum Gasteiger partial charge on any atom is -0.495 e. The summed E-state index contributed by atoms with van der Waals surface area (Å²) in [6.07, 6.45) is 2.08. The number of methoxy groups -OCH3 is 1. The fraction of sp³-hybridized carbons (Fsp3) is 0.167. The summed E-state index contributed by atoms with van der Waals surface area (Å²) in [6.45, 7) is 0. The van der Waals surface area contributed by atoms with Crippen LogP contribution < -0.4 is 4.74 Å². The molecule has 0 N–H and O–H groups in total. The summed E-state index contributed by atoms with van der Waals surface area (Å²) >= 11 is 1.73. The number of nitrogens with zero attached hydrogens (tertiary/aromatic N) is 1. The second-order valence-electron chi connectivity index (χ2n) is 3.60. The molecular weight excluding hydrogens is 206 g/mol. The topological polar surface area (TPSA) is 14.2 Å². The summed E-state index contributed by atoms with van der Waals surface area (Å²) in [5, 5.41) is 4.70. The van der Waals surface area contributed by atoms with Gasteiger partial charge in [-0.1, -0.05) is 0 Å². The molecule has 0 fully saturated rings. The van der Waals surface area contributed by atoms with Gasteiger partial charge in [0.15, 0.2) is 0 Å². The van der Waals surface area contributed by atoms with Crippen molar-refractivity contribution in [2.45, 2.75) is 0 Å². The molecule has 0 spiro atoms. The van der Waals surface area contributed by atoms with E-state index in [1.165, 1.54) is 21.0 Å². The maximum absolute atomic E-state index is 5.42. The largest absolute Gasteiger partial charge is 0.495 e. The molecule has 2 nitrogen and oxygen atoms in total. The Bertz CT molecular complexity index is 635. The third-order valence-corrected chi connectivity index (χ3v) is 3.72. The number of benzene rings is 1. The molecule has 76 valence electrons. The average molecular weight is 217 g/mol. The Morgan fingerprint density at radius 2 is 2.13 bits per heavy atom. The van der Waals surface area contributed by atoms with Crippen LogP contribution in [0.15, 0.2) is 29.8 Å². The maximum Gasteiger partial charge on any atom is 0.138 e. The Balaban J connectivity index is 2.58. The SMILES string of the molecule is COc1cc2c(ccn2C)c2ccsc12. The molecule has 0 atom stereocenters. The van der Waals surface area contributed by atoms with Crippen LogP contribution in [0.4, 0.5) is 0 Å². The maximum atomic E-state index is 5.42. The second-order valence-corrected chi connectivity index (χ2v) is 4.52. The number of thiophene rings is 1. The molecule has 0 bridgehead atoms. The lowest BCUT2D eigenvalue weighted by atomic mass is 10.1. The van der Waals surface area contributed by atoms with Crippen molar-refractivity contribution in [2.24, 2.45) is 7.05 Å². The van der Waals surface area contributed by atoms with Crippen molar-refractivity contribution in [1.29, 1.82) is 0 Å². The Morgan fingerprint density at radius 1 is 1.27 bits per heavy atom. The molecule has 0 saturated carbocycles. The normalized spacial score (nSPS) is 11.3. The van der Waals surface area contributed by atoms with E-state index in [1.54, 1.807) is 18.4 Å². The van der Waals surface area contributed by atoms with Gasteiger partial charge in [0.1, 0.15) is 5.75 Å². The van der Waals surface area contributed by atoms with Crippen molar-refractivity contribution in [2.75, 3.05) is 7.11 Å². The summed E-state index contributed by atoms with van der Waals surface area (Å²) in [5.41, 5.74) is 1.22. The van der Waals surface area contributed by atoms with Gasteiger partial charge in [-0.3, -0.25) is 0 Å². The van der Waals surface area contributed by atoms with Crippen LogP contribution in [0.1, 0.15) is 0 Å². The smallest absolute Gasteiger partial charge is 0.138 e. The van der Waals surface area contributed by atoms with Gasteiger partial charge in [0.05, 0.1) is 17.3 Å². The molecule has 0 aliphatic rings. The van der Waals surface area contributed by atoms with Gasteiger partial charge in [-0.15, -0.1) is 11.3 Å². The third kappa shape index (κ3) is 1.10. The highest BCUT2D eigenvalue weighted by Crippen LogP contribution is 2.36. The standard InChI is InChI=1S/C12H11NOS/c1-13-5-3-8-9-4-6-15-12(9)11(14-2)7-10(8)13/h3-7H,1-2H3. The Labute approximate surface area is 91.7 Å². The number of fused-ring (bicyclic) bond motifs is 3. The van der Waals surface area contributed by atoms with E-state index >= 15 is 0 Å². The molecule has 1 aromatic carbocycles. The first-order chi connectivity index (χ1) is 7.31. The van der Waals surface area contributed by atoms with Gasteiger partial charge < -0.3 is 9.30 Å². The second kappa shape index (κ2) is 3.00. The van der Waals surface area contributed by atoms with Crippen LogP contribution in [-0.4, -0.2) is 11.7 Å². The van der Waals surface area contributed by atoms with Crippen molar-refractivity contribution in [3.8, 4) is 5.75 Å². The van der Waals surface area contributed by atoms with Gasteiger partial charge in [0.2, 0.25) is 0 Å². The molecule has 0 unspecified atom stereocenters. The quantitative estimate of drug-likeness (QED) is 0.609. The molecule has 3 rings (SSSR count). The number of hydrogen-bond acceptors (Lipinski definition) is 2. The lowest BCUT2D eigenvalue weighted by Gasteiger charge is -2.04. The predicted octanol–water partition coefficient (Wildman–Crippen LogP) is 3.40. The van der Waals surface area contributed by atoms with E-state index in [9.17, 15) is 0 Å². The van der Waals surface area contributed by atoms with Gasteiger partial charge in [-0.25, -0.2) is 0 Å². The molecule has 2 aromatic heterocycles. The Morgan fingerprint density at radius 3 is 2.93 bits per heavy atom. The van der Waals surface area contributed by atoms with Crippen LogP contribution in [-0.2, 0) is 7.05 Å². The molecule has 0 radical (unpaired) electrons. The Kier molecular flexibility index (Phi) is 1.76. The van der Waals surface area contributed by atoms with Gasteiger partial charge in [0.25, 0.3) is 0 Å². The molecule has 0 saturated heterocycles.